The Morgan fingerprint density at radius 3 is 0.600 bits per heavy atom. The maximum atomic E-state index is 8.00. The maximum absolute atomic E-state index is 8.00. The van der Waals surface area contributed by atoms with Gasteiger partial charge in [0.15, 0.2) is 0 Å². The second kappa shape index (κ2) is 415. The second-order valence-electron chi connectivity index (χ2n) is 0. The molecular formula is H6F2O3. The van der Waals surface area contributed by atoms with Gasteiger partial charge in [-0.25, -0.2) is 0 Å². The van der Waals surface area contributed by atoms with Gasteiger partial charge in [0.05, 0.1) is 0 Å². The van der Waals surface area contributed by atoms with Gasteiger partial charge in [0, 0.05) is 9.15 Å². The second-order valence-corrected chi connectivity index (χ2v) is 0. The lowest BCUT2D eigenvalue weighted by atomic mass is 16.0. The van der Waals surface area contributed by atoms with Crippen molar-refractivity contribution < 1.29 is 25.6 Å². The number of hydrogen-bond acceptors (Lipinski definition) is 0. The van der Waals surface area contributed by atoms with Gasteiger partial charge in [0.2, 0.25) is 0 Å². The third-order valence-electron chi connectivity index (χ3n) is 0. The highest BCUT2D eigenvalue weighted by molar-refractivity contribution is 2.11. The highest BCUT2D eigenvalue weighted by Gasteiger charge is 1.00. The normalized spacial score (nSPS) is 1.20. The Bertz CT molecular complexity index is 4.85. The SMILES string of the molecule is FF.O.O.O. The molecule has 0 aromatic heterocycles. The van der Waals surface area contributed by atoms with E-state index in [4.69, 9.17) is 9.15 Å². The highest BCUT2D eigenvalue weighted by atomic mass is 20.0. The number of rotatable bonds is 0. The summed E-state index contributed by atoms with van der Waals surface area (Å²) in [6.45, 7) is 0. The Kier molecular flexibility index (Phi) is 10100. The van der Waals surface area contributed by atoms with E-state index in [-0.39, 0.29) is 16.4 Å². The van der Waals surface area contributed by atoms with Crippen LogP contribution in [0.1, 0.15) is 0 Å². The predicted octanol–water partition coefficient (Wildman–Crippen LogP) is -1.63. The zero-order chi connectivity index (χ0) is 2.00. The van der Waals surface area contributed by atoms with E-state index in [0.717, 1.165) is 0 Å². The molecule has 0 atom stereocenters. The molecule has 0 fully saturated rings. The van der Waals surface area contributed by atoms with Gasteiger partial charge in [-0.1, -0.05) is 0 Å². The van der Waals surface area contributed by atoms with Crippen molar-refractivity contribution in [2.45, 2.75) is 0 Å². The van der Waals surface area contributed by atoms with Crippen LogP contribution >= 0.6 is 0 Å². The van der Waals surface area contributed by atoms with Crippen molar-refractivity contribution >= 4 is 0 Å². The molecule has 0 rings (SSSR count). The molecule has 0 spiro atoms. The van der Waals surface area contributed by atoms with Crippen molar-refractivity contribution in [2.75, 3.05) is 0 Å². The summed E-state index contributed by atoms with van der Waals surface area (Å²) in [5, 5.41) is 0. The fourth-order valence-corrected chi connectivity index (χ4v) is 0. The summed E-state index contributed by atoms with van der Waals surface area (Å²) in [6, 6.07) is 0. The van der Waals surface area contributed by atoms with Gasteiger partial charge in [-0.15, -0.1) is 0 Å². The molecule has 0 bridgehead atoms. The Hall–Kier alpha value is -0.260. The summed E-state index contributed by atoms with van der Waals surface area (Å²) >= 11 is 0. The van der Waals surface area contributed by atoms with E-state index in [9.17, 15) is 0 Å². The smallest absolute Gasteiger partial charge is 0 e. The minimum Gasteiger partial charge on any atom is -0.412 e. The maximum Gasteiger partial charge on any atom is 0 e. The average Bonchev–Trinajstić information content (AvgIpc) is 1.00. The van der Waals surface area contributed by atoms with Gasteiger partial charge in [-0.3, -0.25) is 0 Å². The Balaban J connectivity index is -0.00000000167. The summed E-state index contributed by atoms with van der Waals surface area (Å²) in [4.78, 5) is 0. The van der Waals surface area contributed by atoms with Crippen LogP contribution in [0.2, 0.25) is 0 Å². The van der Waals surface area contributed by atoms with Gasteiger partial charge >= 0.3 is 0 Å². The number of hydrogen-bond donors (Lipinski definition) is 0. The first-order chi connectivity index (χ1) is 1.00. The molecule has 0 unspecified atom stereocenters. The van der Waals surface area contributed by atoms with Gasteiger partial charge in [-0.2, -0.15) is 0 Å². The third-order valence-corrected chi connectivity index (χ3v) is 0. The van der Waals surface area contributed by atoms with Crippen LogP contribution in [0.15, 0.2) is 0 Å². The van der Waals surface area contributed by atoms with Gasteiger partial charge in [-0.05, 0) is 0 Å². The molecule has 0 heterocycles. The molecule has 6 N–H and O–H groups in total. The van der Waals surface area contributed by atoms with Crippen LogP contribution < -0.4 is 0 Å². The standard InChI is InChI=1S/F2.3H2O/c1-2;;;/h;3*1H2. The summed E-state index contributed by atoms with van der Waals surface area (Å²) < 4.78 is 16.0. The van der Waals surface area contributed by atoms with Crippen LogP contribution in [0.4, 0.5) is 9.15 Å². The van der Waals surface area contributed by atoms with Crippen LogP contribution in [0.25, 0.3) is 0 Å². The average molecular weight is 92.0 g/mol. The lowest BCUT2D eigenvalue weighted by molar-refractivity contribution is 0.108. The molecule has 38 valence electrons. The fourth-order valence-electron chi connectivity index (χ4n) is 0. The highest BCUT2D eigenvalue weighted by Crippen LogP contribution is 1.42. The van der Waals surface area contributed by atoms with Crippen LogP contribution in [0.3, 0.4) is 0 Å². The zero-order valence-electron chi connectivity index (χ0n) is 2.26. The Labute approximate surface area is 27.0 Å². The summed E-state index contributed by atoms with van der Waals surface area (Å²) in [7, 11) is 0. The van der Waals surface area contributed by atoms with E-state index in [1.807, 2.05) is 0 Å². The molecule has 0 amide bonds. The van der Waals surface area contributed by atoms with Crippen molar-refractivity contribution in [1.82, 2.24) is 0 Å². The molecule has 0 aromatic rings. The first-order valence-corrected chi connectivity index (χ1v) is 0.143. The van der Waals surface area contributed by atoms with Crippen molar-refractivity contribution in [3.8, 4) is 0 Å². The largest absolute Gasteiger partial charge is 0.412 e. The molecule has 5 heteroatoms. The van der Waals surface area contributed by atoms with E-state index >= 15 is 0 Å². The predicted molar refractivity (Wildman–Crippen MR) is 13.1 cm³/mol. The fraction of sp³-hybridized carbons (Fsp3) is 0. The van der Waals surface area contributed by atoms with Crippen molar-refractivity contribution in [3.05, 3.63) is 0 Å². The topological polar surface area (TPSA) is 94.5 Å². The van der Waals surface area contributed by atoms with Gasteiger partial charge in [0.25, 0.3) is 0 Å². The van der Waals surface area contributed by atoms with Gasteiger partial charge < -0.3 is 16.4 Å². The molecule has 0 radical (unpaired) electrons. The summed E-state index contributed by atoms with van der Waals surface area (Å²) in [6.07, 6.45) is 0. The van der Waals surface area contributed by atoms with Crippen LogP contribution in [-0.4, -0.2) is 16.4 Å². The monoisotopic (exact) mass is 92.0 g/mol. The van der Waals surface area contributed by atoms with E-state index in [1.54, 1.807) is 0 Å². The molecule has 0 aliphatic heterocycles. The quantitative estimate of drug-likeness (QED) is 0.343. The molecule has 0 aliphatic rings. The van der Waals surface area contributed by atoms with Crippen molar-refractivity contribution in [2.24, 2.45) is 0 Å². The Morgan fingerprint density at radius 2 is 0.600 bits per heavy atom. The van der Waals surface area contributed by atoms with Crippen LogP contribution in [0, 0.1) is 0 Å². The molecule has 0 saturated heterocycles. The van der Waals surface area contributed by atoms with Crippen LogP contribution in [0.5, 0.6) is 0 Å². The molecular weight excluding hydrogens is 86.0 g/mol. The first-order valence-electron chi connectivity index (χ1n) is 0.143. The molecule has 0 aromatic carbocycles. The molecule has 5 heavy (non-hydrogen) atoms. The van der Waals surface area contributed by atoms with Gasteiger partial charge in [0.1, 0.15) is 0 Å². The Morgan fingerprint density at radius 1 is 0.600 bits per heavy atom. The molecule has 0 aliphatic carbocycles. The minimum absolute atomic E-state index is 0. The summed E-state index contributed by atoms with van der Waals surface area (Å²) in [5.74, 6) is 0. The first kappa shape index (κ1) is 121. The summed E-state index contributed by atoms with van der Waals surface area (Å²) in [5.41, 5.74) is 0. The van der Waals surface area contributed by atoms with E-state index < -0.39 is 0 Å². The van der Waals surface area contributed by atoms with E-state index in [1.165, 1.54) is 0 Å². The molecule has 0 saturated carbocycles. The number of halogens is 2. The third kappa shape index (κ3) is 168. The van der Waals surface area contributed by atoms with E-state index in [0.29, 0.717) is 0 Å². The van der Waals surface area contributed by atoms with Crippen LogP contribution in [-0.2, 0) is 0 Å². The lowest BCUT2D eigenvalue weighted by Crippen LogP contribution is -0.580. The van der Waals surface area contributed by atoms with E-state index in [2.05, 4.69) is 0 Å². The lowest BCUT2D eigenvalue weighted by Gasteiger charge is -1.000. The zero-order valence-corrected chi connectivity index (χ0v) is 2.26. The van der Waals surface area contributed by atoms with Crippen molar-refractivity contribution in [3.63, 3.8) is 0 Å². The minimum atomic E-state index is 0. The van der Waals surface area contributed by atoms with Crippen molar-refractivity contribution in [1.29, 1.82) is 0 Å². The molecule has 3 nitrogen and oxygen atoms in total.